The van der Waals surface area contributed by atoms with Gasteiger partial charge in [0.15, 0.2) is 5.65 Å². The molecule has 3 rings (SSSR count). The topological polar surface area (TPSA) is 52.8 Å². The lowest BCUT2D eigenvalue weighted by molar-refractivity contribution is -0.0298. The van der Waals surface area contributed by atoms with Gasteiger partial charge in [-0.1, -0.05) is 19.3 Å². The Morgan fingerprint density at radius 3 is 3.10 bits per heavy atom. The molecule has 1 atom stereocenters. The summed E-state index contributed by atoms with van der Waals surface area (Å²) in [7, 11) is 0. The first kappa shape index (κ1) is 14.0. The van der Waals surface area contributed by atoms with Crippen molar-refractivity contribution < 1.29 is 4.74 Å². The fraction of sp³-hybridized carbons (Fsp3) is 0.562. The van der Waals surface area contributed by atoms with Crippen molar-refractivity contribution in [1.82, 2.24) is 19.5 Å². The van der Waals surface area contributed by atoms with Crippen LogP contribution in [0.4, 0.5) is 0 Å². The van der Waals surface area contributed by atoms with Crippen molar-refractivity contribution in [3.05, 3.63) is 18.3 Å². The molecular formula is C16H20N4O. The summed E-state index contributed by atoms with van der Waals surface area (Å²) < 4.78 is 7.82. The summed E-state index contributed by atoms with van der Waals surface area (Å²) in [6.45, 7) is 2.97. The van der Waals surface area contributed by atoms with E-state index in [1.807, 2.05) is 4.57 Å². The predicted octanol–water partition coefficient (Wildman–Crippen LogP) is 3.07. The molecule has 0 aromatic carbocycles. The van der Waals surface area contributed by atoms with Crippen LogP contribution < -0.4 is 0 Å². The molecule has 2 aromatic heterocycles. The Bertz CT molecular complexity index is 662. The summed E-state index contributed by atoms with van der Waals surface area (Å²) in [6, 6.07) is 0. The summed E-state index contributed by atoms with van der Waals surface area (Å²) in [4.78, 5) is 13.1. The average molecular weight is 284 g/mol. The van der Waals surface area contributed by atoms with Crippen LogP contribution in [0.5, 0.6) is 0 Å². The van der Waals surface area contributed by atoms with E-state index in [4.69, 9.17) is 4.74 Å². The highest BCUT2D eigenvalue weighted by Gasteiger charge is 2.19. The van der Waals surface area contributed by atoms with Gasteiger partial charge in [0.05, 0.1) is 6.33 Å². The third-order valence-corrected chi connectivity index (χ3v) is 3.69. The molecule has 1 aliphatic rings. The molecule has 0 saturated carbocycles. The number of nitrogens with zero attached hydrogens (tertiary/aromatic N) is 4. The van der Waals surface area contributed by atoms with Crippen LogP contribution in [-0.4, -0.2) is 26.1 Å². The summed E-state index contributed by atoms with van der Waals surface area (Å²) in [5.41, 5.74) is 2.30. The Kier molecular flexibility index (Phi) is 4.46. The Hall–Kier alpha value is -1.93. The Labute approximate surface area is 124 Å². The zero-order chi connectivity index (χ0) is 14.5. The summed E-state index contributed by atoms with van der Waals surface area (Å²) >= 11 is 0. The SMILES string of the molecule is CCCCC#Cc1ncnc2c1ncn2C1CCCCO1. The number of fused-ring (bicyclic) bond motifs is 1. The highest BCUT2D eigenvalue weighted by atomic mass is 16.5. The minimum absolute atomic E-state index is 0.0413. The van der Waals surface area contributed by atoms with Gasteiger partial charge in [0.2, 0.25) is 0 Å². The zero-order valence-electron chi connectivity index (χ0n) is 12.4. The van der Waals surface area contributed by atoms with Crippen molar-refractivity contribution in [3.8, 4) is 11.8 Å². The molecule has 5 heteroatoms. The monoisotopic (exact) mass is 284 g/mol. The van der Waals surface area contributed by atoms with Gasteiger partial charge in [-0.25, -0.2) is 15.0 Å². The molecule has 110 valence electrons. The molecule has 5 nitrogen and oxygen atoms in total. The van der Waals surface area contributed by atoms with Gasteiger partial charge in [-0.05, 0) is 31.6 Å². The first-order chi connectivity index (χ1) is 10.4. The molecule has 1 aliphatic heterocycles. The molecule has 0 bridgehead atoms. The number of hydrogen-bond acceptors (Lipinski definition) is 4. The Balaban J connectivity index is 1.89. The molecule has 0 N–H and O–H groups in total. The van der Waals surface area contributed by atoms with Crippen LogP contribution in [0, 0.1) is 11.8 Å². The van der Waals surface area contributed by atoms with Gasteiger partial charge < -0.3 is 4.74 Å². The van der Waals surface area contributed by atoms with Crippen LogP contribution >= 0.6 is 0 Å². The largest absolute Gasteiger partial charge is 0.358 e. The van der Waals surface area contributed by atoms with Crippen molar-refractivity contribution in [3.63, 3.8) is 0 Å². The molecule has 3 heterocycles. The zero-order valence-corrected chi connectivity index (χ0v) is 12.4. The van der Waals surface area contributed by atoms with Gasteiger partial charge >= 0.3 is 0 Å². The fourth-order valence-corrected chi connectivity index (χ4v) is 2.51. The second-order valence-corrected chi connectivity index (χ2v) is 5.27. The van der Waals surface area contributed by atoms with E-state index in [1.54, 1.807) is 12.7 Å². The molecule has 1 saturated heterocycles. The van der Waals surface area contributed by atoms with Crippen LogP contribution in [0.2, 0.25) is 0 Å². The van der Waals surface area contributed by atoms with E-state index in [-0.39, 0.29) is 6.23 Å². The number of aromatic nitrogens is 4. The molecule has 1 unspecified atom stereocenters. The number of unbranched alkanes of at least 4 members (excludes halogenated alkanes) is 2. The molecule has 2 aromatic rings. The standard InChI is InChI=1S/C16H20N4O/c1-2-3-4-5-8-13-15-16(18-11-17-13)20(12-19-15)14-9-6-7-10-21-14/h11-12,14H,2-4,6-7,9-10H2,1H3. The number of rotatable bonds is 3. The summed E-state index contributed by atoms with van der Waals surface area (Å²) in [6.07, 6.45) is 9.89. The lowest BCUT2D eigenvalue weighted by Crippen LogP contribution is -2.17. The van der Waals surface area contributed by atoms with Gasteiger partial charge in [-0.2, -0.15) is 0 Å². The minimum atomic E-state index is 0.0413. The smallest absolute Gasteiger partial charge is 0.166 e. The minimum Gasteiger partial charge on any atom is -0.358 e. The van der Waals surface area contributed by atoms with Crippen molar-refractivity contribution in [2.45, 2.75) is 51.7 Å². The third-order valence-electron chi connectivity index (χ3n) is 3.69. The number of hydrogen-bond donors (Lipinski definition) is 0. The fourth-order valence-electron chi connectivity index (χ4n) is 2.51. The van der Waals surface area contributed by atoms with Gasteiger partial charge in [-0.15, -0.1) is 0 Å². The lowest BCUT2D eigenvalue weighted by atomic mass is 10.2. The first-order valence-electron chi connectivity index (χ1n) is 7.68. The number of ether oxygens (including phenoxy) is 1. The number of imidazole rings is 1. The van der Waals surface area contributed by atoms with E-state index in [0.717, 1.165) is 49.9 Å². The molecule has 0 amide bonds. The normalized spacial score (nSPS) is 18.4. The first-order valence-corrected chi connectivity index (χ1v) is 7.68. The molecule has 0 aliphatic carbocycles. The van der Waals surface area contributed by atoms with Gasteiger partial charge in [0.1, 0.15) is 23.8 Å². The van der Waals surface area contributed by atoms with Crippen LogP contribution in [-0.2, 0) is 4.74 Å². The maximum atomic E-state index is 5.81. The highest BCUT2D eigenvalue weighted by Crippen LogP contribution is 2.25. The predicted molar refractivity (Wildman–Crippen MR) is 80.6 cm³/mol. The average Bonchev–Trinajstić information content (AvgIpc) is 2.97. The van der Waals surface area contributed by atoms with E-state index in [2.05, 4.69) is 33.7 Å². The second-order valence-electron chi connectivity index (χ2n) is 5.27. The maximum absolute atomic E-state index is 5.81. The van der Waals surface area contributed by atoms with E-state index >= 15 is 0 Å². The van der Waals surface area contributed by atoms with Gasteiger partial charge in [-0.3, -0.25) is 4.57 Å². The molecule has 21 heavy (non-hydrogen) atoms. The molecular weight excluding hydrogens is 264 g/mol. The van der Waals surface area contributed by atoms with Crippen LogP contribution in [0.3, 0.4) is 0 Å². The van der Waals surface area contributed by atoms with Gasteiger partial charge in [0, 0.05) is 13.0 Å². The van der Waals surface area contributed by atoms with E-state index in [1.165, 1.54) is 6.42 Å². The van der Waals surface area contributed by atoms with Crippen molar-refractivity contribution in [2.75, 3.05) is 6.61 Å². The van der Waals surface area contributed by atoms with E-state index < -0.39 is 0 Å². The quantitative estimate of drug-likeness (QED) is 0.642. The molecule has 0 radical (unpaired) electrons. The van der Waals surface area contributed by atoms with Crippen molar-refractivity contribution >= 4 is 11.2 Å². The van der Waals surface area contributed by atoms with Gasteiger partial charge in [0.25, 0.3) is 0 Å². The summed E-state index contributed by atoms with van der Waals surface area (Å²) in [5, 5.41) is 0. The third kappa shape index (κ3) is 3.06. The maximum Gasteiger partial charge on any atom is 0.166 e. The van der Waals surface area contributed by atoms with Crippen LogP contribution in [0.15, 0.2) is 12.7 Å². The van der Waals surface area contributed by atoms with Crippen molar-refractivity contribution in [2.24, 2.45) is 0 Å². The van der Waals surface area contributed by atoms with Crippen LogP contribution in [0.25, 0.3) is 11.2 Å². The van der Waals surface area contributed by atoms with E-state index in [0.29, 0.717) is 5.69 Å². The van der Waals surface area contributed by atoms with Crippen molar-refractivity contribution in [1.29, 1.82) is 0 Å². The Morgan fingerprint density at radius 1 is 1.33 bits per heavy atom. The molecule has 1 fully saturated rings. The Morgan fingerprint density at radius 2 is 2.29 bits per heavy atom. The van der Waals surface area contributed by atoms with Crippen LogP contribution in [0.1, 0.15) is 57.4 Å². The lowest BCUT2D eigenvalue weighted by Gasteiger charge is -2.23. The molecule has 0 spiro atoms. The highest BCUT2D eigenvalue weighted by molar-refractivity contribution is 5.76. The summed E-state index contributed by atoms with van der Waals surface area (Å²) in [5.74, 6) is 6.28. The van der Waals surface area contributed by atoms with E-state index in [9.17, 15) is 0 Å². The second kappa shape index (κ2) is 6.68.